The van der Waals surface area contributed by atoms with Crippen LogP contribution in [0, 0.1) is 11.3 Å². The average molecular weight is 243 g/mol. The SMILES string of the molecule is CC(C)C1(CNCc2ccc3c(c2)CCC3)CC1. The Morgan fingerprint density at radius 2 is 1.94 bits per heavy atom. The van der Waals surface area contributed by atoms with Gasteiger partial charge >= 0.3 is 0 Å². The lowest BCUT2D eigenvalue weighted by Gasteiger charge is -2.20. The molecule has 1 saturated carbocycles. The molecule has 0 aromatic heterocycles. The zero-order valence-corrected chi connectivity index (χ0v) is 11.8. The van der Waals surface area contributed by atoms with Crippen LogP contribution >= 0.6 is 0 Å². The lowest BCUT2D eigenvalue weighted by Crippen LogP contribution is -2.27. The molecule has 0 radical (unpaired) electrons. The van der Waals surface area contributed by atoms with Crippen molar-refractivity contribution in [3.63, 3.8) is 0 Å². The van der Waals surface area contributed by atoms with Gasteiger partial charge in [0.2, 0.25) is 0 Å². The Morgan fingerprint density at radius 1 is 1.17 bits per heavy atom. The third-order valence-corrected chi connectivity index (χ3v) is 5.09. The highest BCUT2D eigenvalue weighted by Gasteiger charge is 2.44. The standard InChI is InChI=1S/C17H25N/c1-13(2)17(8-9-17)12-18-11-14-6-7-15-4-3-5-16(15)10-14/h6-7,10,13,18H,3-5,8-9,11-12H2,1-2H3. The molecule has 0 unspecified atom stereocenters. The molecule has 98 valence electrons. The molecule has 3 rings (SSSR count). The molecule has 0 amide bonds. The molecule has 0 bridgehead atoms. The second-order valence-electron chi connectivity index (χ2n) is 6.58. The van der Waals surface area contributed by atoms with Gasteiger partial charge in [-0.15, -0.1) is 0 Å². The number of benzene rings is 1. The lowest BCUT2D eigenvalue weighted by atomic mass is 9.92. The van der Waals surface area contributed by atoms with Gasteiger partial charge in [0.25, 0.3) is 0 Å². The van der Waals surface area contributed by atoms with Crippen molar-refractivity contribution in [2.45, 2.75) is 52.5 Å². The van der Waals surface area contributed by atoms with Gasteiger partial charge in [-0.3, -0.25) is 0 Å². The Balaban J connectivity index is 1.54. The molecule has 1 aromatic rings. The number of aryl methyl sites for hydroxylation is 2. The summed E-state index contributed by atoms with van der Waals surface area (Å²) in [6.45, 7) is 6.97. The van der Waals surface area contributed by atoms with Gasteiger partial charge in [0.1, 0.15) is 0 Å². The Hall–Kier alpha value is -0.820. The van der Waals surface area contributed by atoms with Gasteiger partial charge < -0.3 is 5.32 Å². The first-order valence-electron chi connectivity index (χ1n) is 7.51. The fourth-order valence-electron chi connectivity index (χ4n) is 3.31. The van der Waals surface area contributed by atoms with Crippen LogP contribution in [0.3, 0.4) is 0 Å². The van der Waals surface area contributed by atoms with Gasteiger partial charge in [-0.25, -0.2) is 0 Å². The van der Waals surface area contributed by atoms with E-state index in [2.05, 4.69) is 37.4 Å². The number of fused-ring (bicyclic) bond motifs is 1. The lowest BCUT2D eigenvalue weighted by molar-refractivity contribution is 0.338. The largest absolute Gasteiger partial charge is 0.312 e. The number of hydrogen-bond donors (Lipinski definition) is 1. The first kappa shape index (κ1) is 12.2. The third-order valence-electron chi connectivity index (χ3n) is 5.09. The highest BCUT2D eigenvalue weighted by molar-refractivity contribution is 5.35. The van der Waals surface area contributed by atoms with E-state index in [-0.39, 0.29) is 0 Å². The number of rotatable bonds is 5. The Morgan fingerprint density at radius 3 is 2.67 bits per heavy atom. The predicted molar refractivity (Wildman–Crippen MR) is 76.7 cm³/mol. The summed E-state index contributed by atoms with van der Waals surface area (Å²) in [6, 6.07) is 7.07. The van der Waals surface area contributed by atoms with Crippen molar-refractivity contribution in [1.82, 2.24) is 5.32 Å². The van der Waals surface area contributed by atoms with Crippen molar-refractivity contribution in [2.24, 2.45) is 11.3 Å². The van der Waals surface area contributed by atoms with E-state index in [0.29, 0.717) is 5.41 Å². The molecule has 2 aliphatic rings. The van der Waals surface area contributed by atoms with E-state index in [4.69, 9.17) is 0 Å². The highest BCUT2D eigenvalue weighted by Crippen LogP contribution is 2.51. The van der Waals surface area contributed by atoms with Gasteiger partial charge in [0.05, 0.1) is 0 Å². The van der Waals surface area contributed by atoms with E-state index in [1.807, 2.05) is 0 Å². The van der Waals surface area contributed by atoms with Crippen molar-refractivity contribution >= 4 is 0 Å². The van der Waals surface area contributed by atoms with E-state index in [1.54, 1.807) is 11.1 Å². The van der Waals surface area contributed by atoms with Crippen LogP contribution < -0.4 is 5.32 Å². The number of nitrogens with one attached hydrogen (secondary N) is 1. The minimum absolute atomic E-state index is 0.622. The van der Waals surface area contributed by atoms with Crippen LogP contribution in [-0.2, 0) is 19.4 Å². The van der Waals surface area contributed by atoms with Gasteiger partial charge in [-0.05, 0) is 60.1 Å². The molecule has 2 aliphatic carbocycles. The predicted octanol–water partition coefficient (Wildman–Crippen LogP) is 3.70. The number of hydrogen-bond acceptors (Lipinski definition) is 1. The van der Waals surface area contributed by atoms with Crippen LogP contribution in [0.5, 0.6) is 0 Å². The maximum absolute atomic E-state index is 3.68. The van der Waals surface area contributed by atoms with Gasteiger partial charge in [0, 0.05) is 13.1 Å². The topological polar surface area (TPSA) is 12.0 Å². The van der Waals surface area contributed by atoms with Gasteiger partial charge in [-0.2, -0.15) is 0 Å². The van der Waals surface area contributed by atoms with E-state index in [0.717, 1.165) is 12.5 Å². The molecule has 1 fully saturated rings. The molecule has 0 atom stereocenters. The maximum Gasteiger partial charge on any atom is 0.0205 e. The molecule has 1 N–H and O–H groups in total. The molecular weight excluding hydrogens is 218 g/mol. The average Bonchev–Trinajstić information content (AvgIpc) is 3.00. The summed E-state index contributed by atoms with van der Waals surface area (Å²) in [7, 11) is 0. The van der Waals surface area contributed by atoms with E-state index >= 15 is 0 Å². The molecule has 0 spiro atoms. The van der Waals surface area contributed by atoms with Crippen LogP contribution in [0.25, 0.3) is 0 Å². The maximum atomic E-state index is 3.68. The Kier molecular flexibility index (Phi) is 3.19. The van der Waals surface area contributed by atoms with Gasteiger partial charge in [-0.1, -0.05) is 32.0 Å². The van der Waals surface area contributed by atoms with Crippen LogP contribution in [0.15, 0.2) is 18.2 Å². The smallest absolute Gasteiger partial charge is 0.0205 e. The van der Waals surface area contributed by atoms with E-state index in [9.17, 15) is 0 Å². The summed E-state index contributed by atoms with van der Waals surface area (Å²) in [5, 5.41) is 3.68. The fraction of sp³-hybridized carbons (Fsp3) is 0.647. The molecule has 0 saturated heterocycles. The van der Waals surface area contributed by atoms with Crippen molar-refractivity contribution in [1.29, 1.82) is 0 Å². The highest BCUT2D eigenvalue weighted by atomic mass is 14.9. The normalized spacial score (nSPS) is 20.2. The van der Waals surface area contributed by atoms with Crippen molar-refractivity contribution < 1.29 is 0 Å². The molecular formula is C17H25N. The molecule has 18 heavy (non-hydrogen) atoms. The van der Waals surface area contributed by atoms with E-state index < -0.39 is 0 Å². The summed E-state index contributed by atoms with van der Waals surface area (Å²) < 4.78 is 0. The quantitative estimate of drug-likeness (QED) is 0.831. The summed E-state index contributed by atoms with van der Waals surface area (Å²) in [4.78, 5) is 0. The first-order valence-corrected chi connectivity index (χ1v) is 7.51. The van der Waals surface area contributed by atoms with Crippen molar-refractivity contribution in [3.8, 4) is 0 Å². The van der Waals surface area contributed by atoms with Crippen LogP contribution in [0.1, 0.15) is 49.8 Å². The summed E-state index contributed by atoms with van der Waals surface area (Å²) >= 11 is 0. The summed E-state index contributed by atoms with van der Waals surface area (Å²) in [6.07, 6.45) is 6.77. The zero-order chi connectivity index (χ0) is 12.6. The monoisotopic (exact) mass is 243 g/mol. The second kappa shape index (κ2) is 4.70. The molecule has 0 heterocycles. The third kappa shape index (κ3) is 2.33. The minimum atomic E-state index is 0.622. The Bertz CT molecular complexity index is 429. The van der Waals surface area contributed by atoms with Crippen LogP contribution in [-0.4, -0.2) is 6.54 Å². The molecule has 1 aromatic carbocycles. The summed E-state index contributed by atoms with van der Waals surface area (Å²) in [5.41, 5.74) is 5.27. The summed E-state index contributed by atoms with van der Waals surface area (Å²) in [5.74, 6) is 0.824. The minimum Gasteiger partial charge on any atom is -0.312 e. The fourth-order valence-corrected chi connectivity index (χ4v) is 3.31. The molecule has 1 heteroatoms. The van der Waals surface area contributed by atoms with Crippen LogP contribution in [0.4, 0.5) is 0 Å². The first-order chi connectivity index (χ1) is 8.70. The van der Waals surface area contributed by atoms with E-state index in [1.165, 1.54) is 44.2 Å². The zero-order valence-electron chi connectivity index (χ0n) is 11.8. The van der Waals surface area contributed by atoms with Gasteiger partial charge in [0.15, 0.2) is 0 Å². The van der Waals surface area contributed by atoms with Crippen LogP contribution in [0.2, 0.25) is 0 Å². The second-order valence-corrected chi connectivity index (χ2v) is 6.58. The van der Waals surface area contributed by atoms with Crippen molar-refractivity contribution in [3.05, 3.63) is 34.9 Å². The Labute approximate surface area is 111 Å². The molecule has 1 nitrogen and oxygen atoms in total. The molecule has 0 aliphatic heterocycles. The van der Waals surface area contributed by atoms with Crippen molar-refractivity contribution in [2.75, 3.05) is 6.54 Å².